The van der Waals surface area contributed by atoms with Crippen LogP contribution in [0, 0.1) is 0 Å². The van der Waals surface area contributed by atoms with Gasteiger partial charge in [-0.15, -0.1) is 0 Å². The maximum Gasteiger partial charge on any atom is 0.490 e. The lowest BCUT2D eigenvalue weighted by atomic mass is 9.37. The molecule has 108 valence electrons. The maximum atomic E-state index is 6.18. The smallest absolute Gasteiger partial charge is 0.490 e. The Morgan fingerprint density at radius 3 is 1.79 bits per heavy atom. The SMILES string of the molecule is C[C@@H]1C[NH+]2C[C@@H](C)O[B-]2(B2OC(C)(C)C(C)(C)O2)O1. The molecule has 0 aromatic rings. The van der Waals surface area contributed by atoms with Gasteiger partial charge in [-0.05, 0) is 41.5 Å². The maximum absolute atomic E-state index is 6.18. The second-order valence-electron chi connectivity index (χ2n) is 7.36. The highest BCUT2D eigenvalue weighted by molar-refractivity contribution is 7.18. The van der Waals surface area contributed by atoms with Gasteiger partial charge in [0.1, 0.15) is 0 Å². The Morgan fingerprint density at radius 1 is 0.947 bits per heavy atom. The van der Waals surface area contributed by atoms with Crippen molar-refractivity contribution in [2.45, 2.75) is 65.0 Å². The summed E-state index contributed by atoms with van der Waals surface area (Å²) in [6.45, 7) is 12.8. The van der Waals surface area contributed by atoms with Gasteiger partial charge >= 0.3 is 13.6 Å². The number of fused-ring (bicyclic) bond motifs is 1. The second kappa shape index (κ2) is 3.98. The molecule has 0 aliphatic carbocycles. The minimum absolute atomic E-state index is 0.196. The zero-order chi connectivity index (χ0) is 14.1. The minimum Gasteiger partial charge on any atom is -0.511 e. The predicted octanol–water partition coefficient (Wildman–Crippen LogP) is -0.182. The largest absolute Gasteiger partial charge is 0.511 e. The van der Waals surface area contributed by atoms with Crippen molar-refractivity contribution in [1.82, 2.24) is 0 Å². The van der Waals surface area contributed by atoms with E-state index in [2.05, 4.69) is 41.5 Å². The predicted molar refractivity (Wildman–Crippen MR) is 73.6 cm³/mol. The fraction of sp³-hybridized carbons (Fsp3) is 1.00. The van der Waals surface area contributed by atoms with Crippen molar-refractivity contribution in [1.29, 1.82) is 0 Å². The molecule has 0 unspecified atom stereocenters. The van der Waals surface area contributed by atoms with Crippen molar-refractivity contribution in [2.75, 3.05) is 13.1 Å². The van der Waals surface area contributed by atoms with Crippen LogP contribution in [0.15, 0.2) is 0 Å². The van der Waals surface area contributed by atoms with Gasteiger partial charge in [-0.25, -0.2) is 0 Å². The molecular formula is C12H25B2NO4. The van der Waals surface area contributed by atoms with Gasteiger partial charge in [0.05, 0.1) is 36.5 Å². The molecule has 19 heavy (non-hydrogen) atoms. The lowest BCUT2D eigenvalue weighted by Crippen LogP contribution is -3.21. The van der Waals surface area contributed by atoms with Crippen molar-refractivity contribution >= 4 is 13.6 Å². The Kier molecular flexibility index (Phi) is 2.91. The molecule has 3 fully saturated rings. The highest BCUT2D eigenvalue weighted by atomic mass is 16.7. The molecule has 1 N–H and O–H groups in total. The molecule has 3 rings (SSSR count). The number of nitrogens with one attached hydrogen (secondary N) is 1. The summed E-state index contributed by atoms with van der Waals surface area (Å²) in [5.74, 6) is 0. The van der Waals surface area contributed by atoms with Crippen LogP contribution in [-0.4, -0.2) is 50.1 Å². The third-order valence-corrected chi connectivity index (χ3v) is 5.17. The topological polar surface area (TPSA) is 41.4 Å². The number of hydrogen-bond donors (Lipinski definition) is 1. The molecule has 0 spiro atoms. The van der Waals surface area contributed by atoms with E-state index in [0.29, 0.717) is 0 Å². The monoisotopic (exact) mass is 269 g/mol. The van der Waals surface area contributed by atoms with Crippen LogP contribution >= 0.6 is 0 Å². The zero-order valence-electron chi connectivity index (χ0n) is 12.9. The lowest BCUT2D eigenvalue weighted by molar-refractivity contribution is -0.783. The van der Waals surface area contributed by atoms with Gasteiger partial charge in [0, 0.05) is 0 Å². The van der Waals surface area contributed by atoms with E-state index in [1.165, 1.54) is 4.81 Å². The fourth-order valence-electron chi connectivity index (χ4n) is 3.55. The van der Waals surface area contributed by atoms with E-state index in [0.717, 1.165) is 13.1 Å². The quantitative estimate of drug-likeness (QED) is 0.670. The second-order valence-corrected chi connectivity index (χ2v) is 7.36. The van der Waals surface area contributed by atoms with Crippen molar-refractivity contribution in [3.63, 3.8) is 0 Å². The molecule has 0 radical (unpaired) electrons. The first-order valence-corrected chi connectivity index (χ1v) is 7.37. The van der Waals surface area contributed by atoms with E-state index in [4.69, 9.17) is 18.6 Å². The van der Waals surface area contributed by atoms with Crippen molar-refractivity contribution < 1.29 is 23.4 Å². The standard InChI is InChI=1S/C12H25B2NO4/c1-9-7-15-8-10(2)17-14(15,16-9)13-18-11(3,4)12(5,6)19-13/h9-10,15H,7-8H2,1-6H3/t9-,10-/m1/s1. The molecule has 7 heteroatoms. The van der Waals surface area contributed by atoms with Crippen molar-refractivity contribution in [3.8, 4) is 0 Å². The Hall–Kier alpha value is -0.0701. The molecule has 3 heterocycles. The first-order valence-electron chi connectivity index (χ1n) is 7.37. The van der Waals surface area contributed by atoms with E-state index in [1.807, 2.05) is 0 Å². The van der Waals surface area contributed by atoms with E-state index in [9.17, 15) is 0 Å². The van der Waals surface area contributed by atoms with Gasteiger partial charge in [-0.1, -0.05) is 0 Å². The number of rotatable bonds is 1. The number of hydrogen-bond acceptors (Lipinski definition) is 4. The summed E-state index contributed by atoms with van der Waals surface area (Å²) in [7, 11) is -0.408. The van der Waals surface area contributed by atoms with E-state index in [1.54, 1.807) is 0 Å². The van der Waals surface area contributed by atoms with Crippen LogP contribution < -0.4 is 4.81 Å². The van der Waals surface area contributed by atoms with Crippen LogP contribution in [-0.2, 0) is 18.6 Å². The summed E-state index contributed by atoms with van der Waals surface area (Å²) in [5, 5.41) is 0. The van der Waals surface area contributed by atoms with Crippen LogP contribution in [0.5, 0.6) is 0 Å². The number of quaternary nitrogens is 1. The summed E-state index contributed by atoms with van der Waals surface area (Å²) in [6, 6.07) is 0. The van der Waals surface area contributed by atoms with Crippen molar-refractivity contribution in [2.24, 2.45) is 0 Å². The van der Waals surface area contributed by atoms with Gasteiger partial charge in [0.2, 0.25) is 0 Å². The molecule has 5 nitrogen and oxygen atoms in total. The molecule has 0 aromatic carbocycles. The molecule has 3 aliphatic heterocycles. The van der Waals surface area contributed by atoms with Gasteiger partial charge in [0.15, 0.2) is 0 Å². The Labute approximate surface area is 116 Å². The van der Waals surface area contributed by atoms with Gasteiger partial charge in [0.25, 0.3) is 0 Å². The minimum atomic E-state index is -1.56. The van der Waals surface area contributed by atoms with Crippen LogP contribution in [0.4, 0.5) is 0 Å². The van der Waals surface area contributed by atoms with Gasteiger partial charge < -0.3 is 23.4 Å². The molecule has 0 bridgehead atoms. The summed E-state index contributed by atoms with van der Waals surface area (Å²) >= 11 is 0. The normalized spacial score (nSPS) is 47.7. The molecular weight excluding hydrogens is 244 g/mol. The molecule has 2 atom stereocenters. The average Bonchev–Trinajstić information content (AvgIpc) is 2.74. The van der Waals surface area contributed by atoms with Crippen LogP contribution in [0.25, 0.3) is 0 Å². The lowest BCUT2D eigenvalue weighted by Gasteiger charge is -2.33. The summed E-state index contributed by atoms with van der Waals surface area (Å²) in [6.07, 6.45) is 0.392. The van der Waals surface area contributed by atoms with Crippen LogP contribution in [0.3, 0.4) is 0 Å². The third-order valence-electron chi connectivity index (χ3n) is 5.17. The molecule has 0 saturated carbocycles. The Bertz CT molecular complexity index is 360. The van der Waals surface area contributed by atoms with E-state index >= 15 is 0 Å². The van der Waals surface area contributed by atoms with Crippen LogP contribution in [0.2, 0.25) is 0 Å². The highest BCUT2D eigenvalue weighted by Gasteiger charge is 2.68. The molecule has 3 aliphatic rings. The third kappa shape index (κ3) is 1.90. The first kappa shape index (κ1) is 13.9. The summed E-state index contributed by atoms with van der Waals surface area (Å²) in [5.41, 5.74) is -0.687. The molecule has 0 aromatic heterocycles. The van der Waals surface area contributed by atoms with Crippen LogP contribution in [0.1, 0.15) is 41.5 Å². The molecule has 0 amide bonds. The van der Waals surface area contributed by atoms with E-state index < -0.39 is 13.6 Å². The Morgan fingerprint density at radius 2 is 1.37 bits per heavy atom. The van der Waals surface area contributed by atoms with E-state index in [-0.39, 0.29) is 23.4 Å². The highest BCUT2D eigenvalue weighted by Crippen LogP contribution is 2.39. The Balaban J connectivity index is 1.89. The summed E-state index contributed by atoms with van der Waals surface area (Å²) in [4.78, 5) is 1.35. The molecule has 3 saturated heterocycles. The van der Waals surface area contributed by atoms with Crippen molar-refractivity contribution in [3.05, 3.63) is 0 Å². The average molecular weight is 269 g/mol. The van der Waals surface area contributed by atoms with Gasteiger partial charge in [-0.2, -0.15) is 0 Å². The first-order chi connectivity index (χ1) is 8.66. The summed E-state index contributed by atoms with van der Waals surface area (Å²) < 4.78 is 24.7. The van der Waals surface area contributed by atoms with Gasteiger partial charge in [-0.3, -0.25) is 0 Å². The zero-order valence-corrected chi connectivity index (χ0v) is 12.9. The fourth-order valence-corrected chi connectivity index (χ4v) is 3.55.